The predicted octanol–water partition coefficient (Wildman–Crippen LogP) is 5.00. The zero-order valence-corrected chi connectivity index (χ0v) is 15.8. The standard InChI is InChI=1S/C17H21Cl2N3S/c1-12-16(17(19)21(2)20-12)23-22-9-7-14(8-10-22)11-13-3-5-15(18)6-4-13/h3-6,14H,7-11H2,1-2H3. The monoisotopic (exact) mass is 369 g/mol. The number of aryl methyl sites for hydroxylation is 2. The summed E-state index contributed by atoms with van der Waals surface area (Å²) in [7, 11) is 1.89. The SMILES string of the molecule is Cc1nn(C)c(Cl)c1SN1CCC(Cc2ccc(Cl)cc2)CC1. The molecule has 1 aliphatic heterocycles. The Balaban J connectivity index is 1.53. The zero-order chi connectivity index (χ0) is 16.4. The molecule has 0 radical (unpaired) electrons. The maximum atomic E-state index is 6.32. The maximum absolute atomic E-state index is 6.32. The van der Waals surface area contributed by atoms with Crippen molar-refractivity contribution in [1.82, 2.24) is 14.1 Å². The summed E-state index contributed by atoms with van der Waals surface area (Å²) >= 11 is 14.0. The fraction of sp³-hybridized carbons (Fsp3) is 0.471. The Morgan fingerprint density at radius 1 is 1.17 bits per heavy atom. The molecule has 3 rings (SSSR count). The first-order valence-corrected chi connectivity index (χ1v) is 9.42. The van der Waals surface area contributed by atoms with Crippen LogP contribution in [0.2, 0.25) is 10.2 Å². The lowest BCUT2D eigenvalue weighted by atomic mass is 9.91. The molecule has 0 spiro atoms. The lowest BCUT2D eigenvalue weighted by Gasteiger charge is -2.31. The molecule has 0 amide bonds. The van der Waals surface area contributed by atoms with Crippen molar-refractivity contribution >= 4 is 35.1 Å². The van der Waals surface area contributed by atoms with Gasteiger partial charge in [-0.1, -0.05) is 35.3 Å². The van der Waals surface area contributed by atoms with Crippen molar-refractivity contribution < 1.29 is 0 Å². The van der Waals surface area contributed by atoms with E-state index in [4.69, 9.17) is 23.2 Å². The van der Waals surface area contributed by atoms with E-state index in [1.54, 1.807) is 16.6 Å². The van der Waals surface area contributed by atoms with E-state index in [1.165, 1.54) is 18.4 Å². The van der Waals surface area contributed by atoms with Crippen LogP contribution in [0.4, 0.5) is 0 Å². The molecule has 124 valence electrons. The van der Waals surface area contributed by atoms with E-state index in [1.807, 2.05) is 26.1 Å². The Labute approximate surface area is 152 Å². The Morgan fingerprint density at radius 2 is 1.83 bits per heavy atom. The van der Waals surface area contributed by atoms with Gasteiger partial charge in [0.05, 0.1) is 10.6 Å². The summed E-state index contributed by atoms with van der Waals surface area (Å²) in [5.74, 6) is 0.749. The number of hydrogen-bond acceptors (Lipinski definition) is 3. The molecule has 0 atom stereocenters. The third kappa shape index (κ3) is 4.24. The summed E-state index contributed by atoms with van der Waals surface area (Å²) < 4.78 is 4.15. The average Bonchev–Trinajstić information content (AvgIpc) is 2.78. The second kappa shape index (κ2) is 7.47. The quantitative estimate of drug-likeness (QED) is 0.707. The third-order valence-corrected chi connectivity index (χ3v) is 6.42. The molecule has 1 aromatic heterocycles. The van der Waals surface area contributed by atoms with Gasteiger partial charge in [-0.25, -0.2) is 4.31 Å². The van der Waals surface area contributed by atoms with Crippen LogP contribution in [-0.4, -0.2) is 27.2 Å². The van der Waals surface area contributed by atoms with E-state index in [9.17, 15) is 0 Å². The summed E-state index contributed by atoms with van der Waals surface area (Å²) in [5, 5.41) is 5.92. The van der Waals surface area contributed by atoms with Crippen molar-refractivity contribution in [2.75, 3.05) is 13.1 Å². The Hall–Kier alpha value is -0.680. The Morgan fingerprint density at radius 3 is 2.39 bits per heavy atom. The van der Waals surface area contributed by atoms with Crippen LogP contribution in [0, 0.1) is 12.8 Å². The molecule has 6 heteroatoms. The molecule has 0 bridgehead atoms. The number of piperidine rings is 1. The van der Waals surface area contributed by atoms with Crippen LogP contribution in [0.25, 0.3) is 0 Å². The minimum atomic E-state index is 0.732. The molecule has 0 aliphatic carbocycles. The van der Waals surface area contributed by atoms with Crippen LogP contribution in [0.3, 0.4) is 0 Å². The first-order chi connectivity index (χ1) is 11.0. The number of benzene rings is 1. The average molecular weight is 370 g/mol. The van der Waals surface area contributed by atoms with Gasteiger partial charge in [-0.3, -0.25) is 4.68 Å². The van der Waals surface area contributed by atoms with Crippen LogP contribution in [0.5, 0.6) is 0 Å². The Bertz CT molecular complexity index is 661. The van der Waals surface area contributed by atoms with Crippen LogP contribution in [0.15, 0.2) is 29.2 Å². The Kier molecular flexibility index (Phi) is 5.57. The van der Waals surface area contributed by atoms with E-state index in [0.29, 0.717) is 0 Å². The minimum absolute atomic E-state index is 0.732. The highest BCUT2D eigenvalue weighted by molar-refractivity contribution is 7.97. The summed E-state index contributed by atoms with van der Waals surface area (Å²) in [5.41, 5.74) is 2.39. The molecule has 3 nitrogen and oxygen atoms in total. The van der Waals surface area contributed by atoms with Gasteiger partial charge in [0.1, 0.15) is 5.15 Å². The number of halogens is 2. The largest absolute Gasteiger partial charge is 0.256 e. The molecule has 0 N–H and O–H groups in total. The smallest absolute Gasteiger partial charge is 0.141 e. The first-order valence-electron chi connectivity index (χ1n) is 7.89. The summed E-state index contributed by atoms with van der Waals surface area (Å²) in [6, 6.07) is 8.24. The van der Waals surface area contributed by atoms with E-state index in [0.717, 1.165) is 46.2 Å². The summed E-state index contributed by atoms with van der Waals surface area (Å²) in [4.78, 5) is 1.09. The lowest BCUT2D eigenvalue weighted by Crippen LogP contribution is -2.29. The second-order valence-corrected chi connectivity index (χ2v) is 8.02. The molecule has 1 fully saturated rings. The van der Waals surface area contributed by atoms with Gasteiger partial charge in [-0.15, -0.1) is 0 Å². The van der Waals surface area contributed by atoms with Crippen LogP contribution in [-0.2, 0) is 13.5 Å². The lowest BCUT2D eigenvalue weighted by molar-refractivity contribution is 0.290. The predicted molar refractivity (Wildman–Crippen MR) is 98.3 cm³/mol. The molecular weight excluding hydrogens is 349 g/mol. The molecular formula is C17H21Cl2N3S. The van der Waals surface area contributed by atoms with Gasteiger partial charge in [-0.2, -0.15) is 5.10 Å². The van der Waals surface area contributed by atoms with Gasteiger partial charge >= 0.3 is 0 Å². The van der Waals surface area contributed by atoms with Crippen molar-refractivity contribution in [3.05, 3.63) is 45.7 Å². The fourth-order valence-corrected chi connectivity index (χ4v) is 4.44. The fourth-order valence-electron chi connectivity index (χ4n) is 3.00. The highest BCUT2D eigenvalue weighted by Crippen LogP contribution is 2.35. The van der Waals surface area contributed by atoms with Crippen molar-refractivity contribution in [2.45, 2.75) is 31.1 Å². The van der Waals surface area contributed by atoms with Crippen molar-refractivity contribution in [1.29, 1.82) is 0 Å². The van der Waals surface area contributed by atoms with Crippen molar-refractivity contribution in [3.8, 4) is 0 Å². The van der Waals surface area contributed by atoms with E-state index >= 15 is 0 Å². The van der Waals surface area contributed by atoms with Gasteiger partial charge in [0, 0.05) is 25.2 Å². The van der Waals surface area contributed by atoms with Crippen molar-refractivity contribution in [3.63, 3.8) is 0 Å². The molecule has 23 heavy (non-hydrogen) atoms. The molecule has 2 aromatic rings. The van der Waals surface area contributed by atoms with E-state index < -0.39 is 0 Å². The highest BCUT2D eigenvalue weighted by atomic mass is 35.5. The number of nitrogens with zero attached hydrogens (tertiary/aromatic N) is 3. The number of hydrogen-bond donors (Lipinski definition) is 0. The molecule has 1 aromatic carbocycles. The third-order valence-electron chi connectivity index (χ3n) is 4.33. The summed E-state index contributed by atoms with van der Waals surface area (Å²) in [6.45, 7) is 4.20. The highest BCUT2D eigenvalue weighted by Gasteiger charge is 2.22. The van der Waals surface area contributed by atoms with Gasteiger partial charge in [-0.05, 0) is 61.7 Å². The van der Waals surface area contributed by atoms with Crippen LogP contribution < -0.4 is 0 Å². The second-order valence-electron chi connectivity index (χ2n) is 6.12. The topological polar surface area (TPSA) is 21.1 Å². The minimum Gasteiger partial charge on any atom is -0.256 e. The molecule has 1 aliphatic rings. The van der Waals surface area contributed by atoms with E-state index in [-0.39, 0.29) is 0 Å². The molecule has 1 saturated heterocycles. The maximum Gasteiger partial charge on any atom is 0.141 e. The van der Waals surface area contributed by atoms with Gasteiger partial charge in [0.25, 0.3) is 0 Å². The summed E-state index contributed by atoms with van der Waals surface area (Å²) in [6.07, 6.45) is 3.57. The van der Waals surface area contributed by atoms with Crippen molar-refractivity contribution in [2.24, 2.45) is 13.0 Å². The normalized spacial score (nSPS) is 16.9. The van der Waals surface area contributed by atoms with Gasteiger partial charge in [0.15, 0.2) is 0 Å². The van der Waals surface area contributed by atoms with Crippen LogP contribution in [0.1, 0.15) is 24.1 Å². The van der Waals surface area contributed by atoms with E-state index in [2.05, 4.69) is 21.5 Å². The molecule has 0 saturated carbocycles. The molecule has 0 unspecified atom stereocenters. The van der Waals surface area contributed by atoms with Gasteiger partial charge < -0.3 is 0 Å². The van der Waals surface area contributed by atoms with Crippen LogP contribution >= 0.6 is 35.1 Å². The zero-order valence-electron chi connectivity index (χ0n) is 13.4. The number of rotatable bonds is 4. The molecule has 2 heterocycles. The first kappa shape index (κ1) is 17.2. The van der Waals surface area contributed by atoms with Gasteiger partial charge in [0.2, 0.25) is 0 Å². The number of aromatic nitrogens is 2.